The van der Waals surface area contributed by atoms with E-state index in [0.29, 0.717) is 0 Å². The fourth-order valence-electron chi connectivity index (χ4n) is 1.01. The van der Waals surface area contributed by atoms with E-state index in [9.17, 15) is 0 Å². The van der Waals surface area contributed by atoms with Gasteiger partial charge in [-0.05, 0) is 12.8 Å². The van der Waals surface area contributed by atoms with Crippen LogP contribution in [0.3, 0.4) is 0 Å². The Bertz CT molecular complexity index is 98.1. The van der Waals surface area contributed by atoms with Crippen LogP contribution < -0.4 is 0 Å². The third-order valence-corrected chi connectivity index (χ3v) is 1.80. The Labute approximate surface area is 68.9 Å². The van der Waals surface area contributed by atoms with Gasteiger partial charge in [0.15, 0.2) is 5.79 Å². The molecule has 2 nitrogen and oxygen atoms in total. The smallest absolute Gasteiger partial charge is 0.168 e. The Morgan fingerprint density at radius 3 is 1.73 bits per heavy atom. The van der Waals surface area contributed by atoms with E-state index in [2.05, 4.69) is 13.8 Å². The van der Waals surface area contributed by atoms with Gasteiger partial charge in [-0.25, -0.2) is 0 Å². The maximum atomic E-state index is 5.57. The van der Waals surface area contributed by atoms with Gasteiger partial charge in [0.25, 0.3) is 0 Å². The topological polar surface area (TPSA) is 18.5 Å². The van der Waals surface area contributed by atoms with Gasteiger partial charge >= 0.3 is 0 Å². The van der Waals surface area contributed by atoms with Crippen molar-refractivity contribution in [3.63, 3.8) is 0 Å². The molecule has 1 fully saturated rings. The van der Waals surface area contributed by atoms with Crippen LogP contribution in [0.2, 0.25) is 0 Å². The van der Waals surface area contributed by atoms with Crippen LogP contribution in [0.1, 0.15) is 39.5 Å². The van der Waals surface area contributed by atoms with E-state index in [-0.39, 0.29) is 5.79 Å². The largest absolute Gasteiger partial charge is 0.350 e. The molecule has 0 saturated heterocycles. The molecule has 0 bridgehead atoms. The molecule has 0 spiro atoms. The van der Waals surface area contributed by atoms with Crippen molar-refractivity contribution in [3.8, 4) is 0 Å². The van der Waals surface area contributed by atoms with E-state index in [4.69, 9.17) is 9.47 Å². The molecule has 1 saturated carbocycles. The van der Waals surface area contributed by atoms with Gasteiger partial charge in [-0.15, -0.1) is 0 Å². The van der Waals surface area contributed by atoms with Crippen molar-refractivity contribution in [3.05, 3.63) is 0 Å². The zero-order valence-corrected chi connectivity index (χ0v) is 7.56. The van der Waals surface area contributed by atoms with Crippen LogP contribution in [0.5, 0.6) is 0 Å². The predicted octanol–water partition coefficient (Wildman–Crippen LogP) is 2.33. The second kappa shape index (κ2) is 4.07. The lowest BCUT2D eigenvalue weighted by atomic mass is 10.5. The Kier molecular flexibility index (Phi) is 3.34. The van der Waals surface area contributed by atoms with Crippen molar-refractivity contribution >= 4 is 0 Å². The van der Waals surface area contributed by atoms with Gasteiger partial charge in [0.2, 0.25) is 0 Å². The van der Waals surface area contributed by atoms with Gasteiger partial charge in [0, 0.05) is 26.1 Å². The highest BCUT2D eigenvalue weighted by Gasteiger charge is 2.45. The minimum atomic E-state index is -0.147. The quantitative estimate of drug-likeness (QED) is 0.552. The van der Waals surface area contributed by atoms with Crippen molar-refractivity contribution in [2.45, 2.75) is 45.3 Å². The lowest BCUT2D eigenvalue weighted by molar-refractivity contribution is -0.166. The summed E-state index contributed by atoms with van der Waals surface area (Å²) < 4.78 is 11.1. The van der Waals surface area contributed by atoms with E-state index in [0.717, 1.165) is 38.9 Å². The molecule has 1 rings (SSSR count). The fraction of sp³-hybridized carbons (Fsp3) is 1.00. The van der Waals surface area contributed by atoms with Crippen molar-refractivity contribution in [1.82, 2.24) is 0 Å². The van der Waals surface area contributed by atoms with E-state index in [1.54, 1.807) is 0 Å². The Hall–Kier alpha value is -0.0800. The molecule has 1 aliphatic rings. The first-order valence-electron chi connectivity index (χ1n) is 4.61. The summed E-state index contributed by atoms with van der Waals surface area (Å²) in [5, 5.41) is 0. The summed E-state index contributed by atoms with van der Waals surface area (Å²) in [7, 11) is 0. The molecule has 0 aromatic rings. The van der Waals surface area contributed by atoms with Gasteiger partial charge in [0.1, 0.15) is 0 Å². The molecule has 0 aromatic heterocycles. The predicted molar refractivity (Wildman–Crippen MR) is 44.5 cm³/mol. The van der Waals surface area contributed by atoms with E-state index >= 15 is 0 Å². The highest BCUT2D eigenvalue weighted by molar-refractivity contribution is 4.85. The molecule has 11 heavy (non-hydrogen) atoms. The average molecular weight is 158 g/mol. The number of ether oxygens (including phenoxy) is 2. The monoisotopic (exact) mass is 158 g/mol. The van der Waals surface area contributed by atoms with E-state index in [1.807, 2.05) is 0 Å². The lowest BCUT2D eigenvalue weighted by Crippen LogP contribution is -2.19. The zero-order valence-electron chi connectivity index (χ0n) is 7.56. The molecule has 66 valence electrons. The molecule has 0 radical (unpaired) electrons. The van der Waals surface area contributed by atoms with E-state index < -0.39 is 0 Å². The van der Waals surface area contributed by atoms with Crippen LogP contribution in [0, 0.1) is 0 Å². The molecule has 0 unspecified atom stereocenters. The fourth-order valence-corrected chi connectivity index (χ4v) is 1.01. The molecule has 2 heteroatoms. The van der Waals surface area contributed by atoms with Crippen molar-refractivity contribution in [1.29, 1.82) is 0 Å². The Morgan fingerprint density at radius 2 is 1.45 bits per heavy atom. The molecule has 0 heterocycles. The summed E-state index contributed by atoms with van der Waals surface area (Å²) in [4.78, 5) is 0. The summed E-state index contributed by atoms with van der Waals surface area (Å²) in [5.41, 5.74) is 0. The standard InChI is InChI=1S/C9H18O2/c1-3-7-10-9(5-6-9)11-8-4-2/h3-8H2,1-2H3. The van der Waals surface area contributed by atoms with Crippen molar-refractivity contribution < 1.29 is 9.47 Å². The number of rotatable bonds is 6. The first-order chi connectivity index (χ1) is 5.33. The summed E-state index contributed by atoms with van der Waals surface area (Å²) in [6.07, 6.45) is 4.34. The van der Waals surface area contributed by atoms with Crippen LogP contribution in [0.25, 0.3) is 0 Å². The second-order valence-corrected chi connectivity index (χ2v) is 3.11. The first-order valence-corrected chi connectivity index (χ1v) is 4.61. The minimum absolute atomic E-state index is 0.147. The average Bonchev–Trinajstić information content (AvgIpc) is 2.79. The number of hydrogen-bond donors (Lipinski definition) is 0. The molecule has 1 aliphatic carbocycles. The maximum Gasteiger partial charge on any atom is 0.168 e. The third kappa shape index (κ3) is 2.80. The molecule has 0 N–H and O–H groups in total. The summed E-state index contributed by atoms with van der Waals surface area (Å²) >= 11 is 0. The van der Waals surface area contributed by atoms with E-state index in [1.165, 1.54) is 0 Å². The molecule has 0 atom stereocenters. The van der Waals surface area contributed by atoms with Gasteiger partial charge < -0.3 is 9.47 Å². The number of hydrogen-bond acceptors (Lipinski definition) is 2. The Morgan fingerprint density at radius 1 is 1.00 bits per heavy atom. The highest BCUT2D eigenvalue weighted by Crippen LogP contribution is 2.40. The minimum Gasteiger partial charge on any atom is -0.350 e. The summed E-state index contributed by atoms with van der Waals surface area (Å²) in [6.45, 7) is 5.92. The van der Waals surface area contributed by atoms with Crippen LogP contribution in [-0.4, -0.2) is 19.0 Å². The summed E-state index contributed by atoms with van der Waals surface area (Å²) in [5.74, 6) is -0.147. The normalized spacial score (nSPS) is 20.2. The Balaban J connectivity index is 2.08. The third-order valence-electron chi connectivity index (χ3n) is 1.80. The SMILES string of the molecule is CCCOC1(OCCC)CC1. The van der Waals surface area contributed by atoms with Crippen molar-refractivity contribution in [2.24, 2.45) is 0 Å². The van der Waals surface area contributed by atoms with Gasteiger partial charge in [-0.3, -0.25) is 0 Å². The van der Waals surface area contributed by atoms with Crippen LogP contribution in [-0.2, 0) is 9.47 Å². The van der Waals surface area contributed by atoms with Gasteiger partial charge in [-0.1, -0.05) is 13.8 Å². The first kappa shape index (κ1) is 9.01. The molecule has 0 amide bonds. The van der Waals surface area contributed by atoms with Crippen LogP contribution >= 0.6 is 0 Å². The second-order valence-electron chi connectivity index (χ2n) is 3.11. The molecule has 0 aromatic carbocycles. The zero-order chi connectivity index (χ0) is 8.16. The maximum absolute atomic E-state index is 5.57. The lowest BCUT2D eigenvalue weighted by Gasteiger charge is -2.16. The van der Waals surface area contributed by atoms with Crippen molar-refractivity contribution in [2.75, 3.05) is 13.2 Å². The van der Waals surface area contributed by atoms with Gasteiger partial charge in [0.05, 0.1) is 0 Å². The van der Waals surface area contributed by atoms with Crippen LogP contribution in [0.4, 0.5) is 0 Å². The molecular weight excluding hydrogens is 140 g/mol. The van der Waals surface area contributed by atoms with Gasteiger partial charge in [-0.2, -0.15) is 0 Å². The van der Waals surface area contributed by atoms with Crippen LogP contribution in [0.15, 0.2) is 0 Å². The summed E-state index contributed by atoms with van der Waals surface area (Å²) in [6, 6.07) is 0. The molecule has 0 aliphatic heterocycles. The highest BCUT2D eigenvalue weighted by atomic mass is 16.7. The molecular formula is C9H18O2.